The Morgan fingerprint density at radius 1 is 0.966 bits per heavy atom. The highest BCUT2D eigenvalue weighted by Gasteiger charge is 2.20. The Kier molecular flexibility index (Phi) is 7.69. The van der Waals surface area contributed by atoms with E-state index in [1.54, 1.807) is 26.4 Å². The van der Waals surface area contributed by atoms with Crippen LogP contribution in [0.2, 0.25) is 0 Å². The van der Waals surface area contributed by atoms with Crippen LogP contribution in [-0.4, -0.2) is 69.7 Å². The molecule has 1 atom stereocenters. The van der Waals surface area contributed by atoms with Crippen molar-refractivity contribution in [1.29, 1.82) is 0 Å². The highest BCUT2D eigenvalue weighted by atomic mass is 19.1. The number of hydrogen-bond acceptors (Lipinski definition) is 6. The first kappa shape index (κ1) is 21.4. The molecule has 0 aliphatic carbocycles. The van der Waals surface area contributed by atoms with E-state index in [9.17, 15) is 9.50 Å². The van der Waals surface area contributed by atoms with Gasteiger partial charge >= 0.3 is 0 Å². The predicted octanol–water partition coefficient (Wildman–Crippen LogP) is 2.54. The van der Waals surface area contributed by atoms with Crippen molar-refractivity contribution in [1.82, 2.24) is 4.90 Å². The molecule has 7 heteroatoms. The monoisotopic (exact) mass is 404 g/mol. The summed E-state index contributed by atoms with van der Waals surface area (Å²) in [7, 11) is 3.27. The van der Waals surface area contributed by atoms with Gasteiger partial charge < -0.3 is 24.2 Å². The van der Waals surface area contributed by atoms with E-state index in [1.807, 2.05) is 18.2 Å². The summed E-state index contributed by atoms with van der Waals surface area (Å²) in [5, 5.41) is 10.3. The van der Waals surface area contributed by atoms with Gasteiger partial charge in [0.2, 0.25) is 0 Å². The minimum absolute atomic E-state index is 0.257. The molecule has 2 aromatic carbocycles. The van der Waals surface area contributed by atoms with Crippen LogP contribution in [0.5, 0.6) is 11.5 Å². The van der Waals surface area contributed by atoms with Crippen molar-refractivity contribution in [3.05, 3.63) is 53.8 Å². The molecular formula is C22H29FN2O4. The molecule has 1 saturated heterocycles. The predicted molar refractivity (Wildman–Crippen MR) is 110 cm³/mol. The lowest BCUT2D eigenvalue weighted by atomic mass is 10.2. The molecule has 2 aromatic rings. The highest BCUT2D eigenvalue weighted by Crippen LogP contribution is 2.31. The number of methoxy groups -OCH3 is 2. The van der Waals surface area contributed by atoms with Gasteiger partial charge in [0.25, 0.3) is 0 Å². The van der Waals surface area contributed by atoms with Crippen LogP contribution in [0.1, 0.15) is 5.56 Å². The highest BCUT2D eigenvalue weighted by molar-refractivity contribution is 5.56. The summed E-state index contributed by atoms with van der Waals surface area (Å²) in [5.74, 6) is 1.18. The second-order valence-electron chi connectivity index (χ2n) is 7.12. The third kappa shape index (κ3) is 6.06. The number of benzene rings is 2. The molecule has 0 amide bonds. The molecule has 1 fully saturated rings. The summed E-state index contributed by atoms with van der Waals surface area (Å²) in [5.41, 5.74) is 1.99. The van der Waals surface area contributed by atoms with Gasteiger partial charge in [-0.05, 0) is 29.8 Å². The molecule has 158 valence electrons. The number of nitrogens with zero attached hydrogens (tertiary/aromatic N) is 2. The molecule has 0 unspecified atom stereocenters. The van der Waals surface area contributed by atoms with Crippen LogP contribution in [0, 0.1) is 5.82 Å². The van der Waals surface area contributed by atoms with Gasteiger partial charge in [-0.25, -0.2) is 4.39 Å². The molecule has 0 bridgehead atoms. The van der Waals surface area contributed by atoms with E-state index in [4.69, 9.17) is 14.2 Å². The van der Waals surface area contributed by atoms with Crippen molar-refractivity contribution in [3.63, 3.8) is 0 Å². The van der Waals surface area contributed by atoms with Crippen molar-refractivity contribution in [2.24, 2.45) is 0 Å². The maximum atomic E-state index is 12.9. The lowest BCUT2D eigenvalue weighted by Crippen LogP contribution is -2.49. The van der Waals surface area contributed by atoms with E-state index in [-0.39, 0.29) is 12.4 Å². The van der Waals surface area contributed by atoms with Crippen LogP contribution >= 0.6 is 0 Å². The molecule has 3 rings (SSSR count). The van der Waals surface area contributed by atoms with Crippen LogP contribution in [0.3, 0.4) is 0 Å². The van der Waals surface area contributed by atoms with Crippen LogP contribution in [0.4, 0.5) is 10.1 Å². The fourth-order valence-corrected chi connectivity index (χ4v) is 3.45. The molecule has 0 aromatic heterocycles. The van der Waals surface area contributed by atoms with Crippen molar-refractivity contribution in [2.75, 3.05) is 58.5 Å². The second kappa shape index (κ2) is 10.4. The van der Waals surface area contributed by atoms with Crippen molar-refractivity contribution >= 4 is 5.69 Å². The Balaban J connectivity index is 1.40. The molecule has 1 heterocycles. The van der Waals surface area contributed by atoms with Gasteiger partial charge in [-0.3, -0.25) is 4.90 Å². The van der Waals surface area contributed by atoms with E-state index < -0.39 is 6.10 Å². The van der Waals surface area contributed by atoms with E-state index in [2.05, 4.69) is 9.80 Å². The molecule has 1 aliphatic heterocycles. The number of β-amino-alcohol motifs (C(OH)–C–C–N with tert-alkyl or cyclic N) is 1. The summed E-state index contributed by atoms with van der Waals surface area (Å²) in [6, 6.07) is 12.1. The van der Waals surface area contributed by atoms with Crippen molar-refractivity contribution in [2.45, 2.75) is 12.7 Å². The zero-order valence-corrected chi connectivity index (χ0v) is 17.0. The number of hydrogen-bond donors (Lipinski definition) is 1. The first-order valence-electron chi connectivity index (χ1n) is 9.78. The van der Waals surface area contributed by atoms with Crippen LogP contribution in [0.25, 0.3) is 0 Å². The zero-order valence-electron chi connectivity index (χ0n) is 17.0. The largest absolute Gasteiger partial charge is 0.493 e. The molecular weight excluding hydrogens is 375 g/mol. The third-order valence-electron chi connectivity index (χ3n) is 5.07. The Morgan fingerprint density at radius 3 is 2.31 bits per heavy atom. The number of piperazine rings is 1. The lowest BCUT2D eigenvalue weighted by molar-refractivity contribution is 0.00912. The number of anilines is 1. The van der Waals surface area contributed by atoms with Gasteiger partial charge in [0.1, 0.15) is 5.82 Å². The van der Waals surface area contributed by atoms with Gasteiger partial charge in [-0.1, -0.05) is 12.1 Å². The van der Waals surface area contributed by atoms with Gasteiger partial charge in [-0.15, -0.1) is 0 Å². The Morgan fingerprint density at radius 2 is 1.66 bits per heavy atom. The molecule has 0 spiro atoms. The zero-order chi connectivity index (χ0) is 20.6. The maximum absolute atomic E-state index is 12.9. The molecule has 29 heavy (non-hydrogen) atoms. The molecule has 1 N–H and O–H groups in total. The van der Waals surface area contributed by atoms with Crippen molar-refractivity contribution in [3.8, 4) is 11.5 Å². The summed E-state index contributed by atoms with van der Waals surface area (Å²) in [4.78, 5) is 4.54. The van der Waals surface area contributed by atoms with E-state index >= 15 is 0 Å². The quantitative estimate of drug-likeness (QED) is 0.693. The Labute approximate surface area is 171 Å². The van der Waals surface area contributed by atoms with E-state index in [0.717, 1.165) is 48.9 Å². The van der Waals surface area contributed by atoms with Gasteiger partial charge in [0.15, 0.2) is 11.5 Å². The number of rotatable bonds is 9. The smallest absolute Gasteiger partial charge is 0.162 e. The first-order chi connectivity index (χ1) is 14.1. The molecule has 1 aliphatic rings. The van der Waals surface area contributed by atoms with Crippen molar-refractivity contribution < 1.29 is 23.7 Å². The number of halogens is 1. The van der Waals surface area contributed by atoms with Gasteiger partial charge in [0, 0.05) is 44.5 Å². The van der Waals surface area contributed by atoms with E-state index in [0.29, 0.717) is 13.2 Å². The summed E-state index contributed by atoms with van der Waals surface area (Å²) in [6.45, 7) is 4.67. The number of aliphatic hydroxyl groups excluding tert-OH is 1. The maximum Gasteiger partial charge on any atom is 0.162 e. The summed E-state index contributed by atoms with van der Waals surface area (Å²) in [6.07, 6.45) is -0.553. The Bertz CT molecular complexity index is 764. The summed E-state index contributed by atoms with van der Waals surface area (Å²) < 4.78 is 29.2. The average Bonchev–Trinajstić information content (AvgIpc) is 2.75. The Hall–Kier alpha value is -2.35. The van der Waals surface area contributed by atoms with Gasteiger partial charge in [0.05, 0.1) is 33.5 Å². The SMILES string of the molecule is COc1ccc(N2CCN(C[C@H](O)COCc3ccc(F)cc3)CC2)cc1OC. The van der Waals surface area contributed by atoms with Crippen LogP contribution < -0.4 is 14.4 Å². The fraction of sp³-hybridized carbons (Fsp3) is 0.455. The standard InChI is InChI=1S/C22H29FN2O4/c1-27-21-8-7-19(13-22(21)28-2)25-11-9-24(10-12-25)14-20(26)16-29-15-17-3-5-18(23)6-4-17/h3-8,13,20,26H,9-12,14-16H2,1-2H3/t20-/m0/s1. The topological polar surface area (TPSA) is 54.4 Å². The third-order valence-corrected chi connectivity index (χ3v) is 5.07. The van der Waals surface area contributed by atoms with Crippen LogP contribution in [0.15, 0.2) is 42.5 Å². The second-order valence-corrected chi connectivity index (χ2v) is 7.12. The van der Waals surface area contributed by atoms with Crippen LogP contribution in [-0.2, 0) is 11.3 Å². The molecule has 0 radical (unpaired) electrons. The van der Waals surface area contributed by atoms with Gasteiger partial charge in [-0.2, -0.15) is 0 Å². The molecule has 0 saturated carbocycles. The minimum atomic E-state index is -0.553. The average molecular weight is 404 g/mol. The fourth-order valence-electron chi connectivity index (χ4n) is 3.45. The number of ether oxygens (including phenoxy) is 3. The first-order valence-corrected chi connectivity index (χ1v) is 9.78. The van der Waals surface area contributed by atoms with E-state index in [1.165, 1.54) is 12.1 Å². The lowest BCUT2D eigenvalue weighted by Gasteiger charge is -2.37. The normalized spacial score (nSPS) is 15.9. The molecule has 6 nitrogen and oxygen atoms in total. The summed E-state index contributed by atoms with van der Waals surface area (Å²) >= 11 is 0. The number of aliphatic hydroxyl groups is 1. The minimum Gasteiger partial charge on any atom is -0.493 e.